The Labute approximate surface area is 106 Å². The van der Waals surface area contributed by atoms with Crippen molar-refractivity contribution in [2.24, 2.45) is 0 Å². The third-order valence-corrected chi connectivity index (χ3v) is 3.90. The van der Waals surface area contributed by atoms with Crippen LogP contribution >= 0.6 is 23.3 Å². The summed E-state index contributed by atoms with van der Waals surface area (Å²) in [4.78, 5) is 15.3. The van der Waals surface area contributed by atoms with Gasteiger partial charge in [0.25, 0.3) is 0 Å². The summed E-state index contributed by atoms with van der Waals surface area (Å²) in [6.07, 6.45) is 1.52. The molecule has 2 rings (SSSR count). The van der Waals surface area contributed by atoms with Gasteiger partial charge in [-0.15, -0.1) is 0 Å². The van der Waals surface area contributed by atoms with E-state index in [0.717, 1.165) is 4.34 Å². The number of hydrogen-bond donors (Lipinski definition) is 0. The lowest BCUT2D eigenvalue weighted by molar-refractivity contribution is 0.0563. The fourth-order valence-electron chi connectivity index (χ4n) is 1.21. The highest BCUT2D eigenvalue weighted by Gasteiger charge is 2.17. The van der Waals surface area contributed by atoms with Crippen molar-refractivity contribution in [1.29, 1.82) is 0 Å². The van der Waals surface area contributed by atoms with Gasteiger partial charge in [0.1, 0.15) is 12.1 Å². The van der Waals surface area contributed by atoms with Crippen LogP contribution in [0.15, 0.2) is 27.2 Å². The number of aromatic nitrogens is 2. The van der Waals surface area contributed by atoms with E-state index in [-0.39, 0.29) is 11.0 Å². The molecule has 90 valence electrons. The second kappa shape index (κ2) is 5.33. The summed E-state index contributed by atoms with van der Waals surface area (Å²) in [5.74, 6) is 0.460. The van der Waals surface area contributed by atoms with Crippen LogP contribution in [0.5, 0.6) is 0 Å². The van der Waals surface area contributed by atoms with E-state index in [2.05, 4.69) is 14.1 Å². The van der Waals surface area contributed by atoms with Crippen LogP contribution in [0.1, 0.15) is 28.5 Å². The minimum absolute atomic E-state index is 0.0707. The average Bonchev–Trinajstić information content (AvgIpc) is 2.98. The van der Waals surface area contributed by atoms with Gasteiger partial charge in [-0.3, -0.25) is 0 Å². The molecule has 0 amide bonds. The molecule has 0 N–H and O–H groups in total. The van der Waals surface area contributed by atoms with Gasteiger partial charge in [-0.25, -0.2) is 9.78 Å². The van der Waals surface area contributed by atoms with E-state index in [9.17, 15) is 4.79 Å². The number of ether oxygens (including phenoxy) is 1. The number of hydrogen-bond acceptors (Lipinski definition) is 7. The Hall–Kier alpha value is -1.34. The minimum Gasteiger partial charge on any atom is -0.463 e. The fraction of sp³-hybridized carbons (Fsp3) is 0.300. The molecule has 2 aromatic rings. The maximum Gasteiger partial charge on any atom is 0.373 e. The molecule has 7 heteroatoms. The second-order valence-corrected chi connectivity index (χ2v) is 5.53. The molecule has 0 saturated carbocycles. The zero-order valence-electron chi connectivity index (χ0n) is 9.25. The summed E-state index contributed by atoms with van der Waals surface area (Å²) in [5, 5.41) is 0.0707. The minimum atomic E-state index is -0.468. The zero-order chi connectivity index (χ0) is 12.3. The first-order valence-corrected chi connectivity index (χ1v) is 6.47. The number of furan rings is 1. The number of carbonyl (C=O) groups excluding carboxylic acids is 1. The van der Waals surface area contributed by atoms with Crippen LogP contribution in [0, 0.1) is 0 Å². The summed E-state index contributed by atoms with van der Waals surface area (Å²) in [5.41, 5.74) is 0. The first kappa shape index (κ1) is 12.1. The number of rotatable bonds is 4. The summed E-state index contributed by atoms with van der Waals surface area (Å²) in [7, 11) is 1.32. The largest absolute Gasteiger partial charge is 0.463 e. The Morgan fingerprint density at radius 2 is 2.41 bits per heavy atom. The van der Waals surface area contributed by atoms with Gasteiger partial charge in [-0.05, 0) is 30.6 Å². The lowest BCUT2D eigenvalue weighted by Crippen LogP contribution is -1.98. The molecular formula is C10H10N2O3S2. The van der Waals surface area contributed by atoms with Crippen LogP contribution in [0.4, 0.5) is 0 Å². The monoisotopic (exact) mass is 270 g/mol. The molecular weight excluding hydrogens is 260 g/mol. The van der Waals surface area contributed by atoms with Crippen LogP contribution in [0.3, 0.4) is 0 Å². The average molecular weight is 270 g/mol. The number of methoxy groups -OCH3 is 1. The van der Waals surface area contributed by atoms with Crippen molar-refractivity contribution in [2.75, 3.05) is 7.11 Å². The van der Waals surface area contributed by atoms with Gasteiger partial charge in [-0.2, -0.15) is 4.37 Å². The highest BCUT2D eigenvalue weighted by Crippen LogP contribution is 2.35. The predicted octanol–water partition coefficient (Wildman–Crippen LogP) is 2.77. The van der Waals surface area contributed by atoms with Crippen molar-refractivity contribution in [3.05, 3.63) is 30.0 Å². The molecule has 0 aliphatic rings. The summed E-state index contributed by atoms with van der Waals surface area (Å²) in [6, 6.07) is 3.38. The van der Waals surface area contributed by atoms with E-state index in [1.54, 1.807) is 12.1 Å². The lowest BCUT2D eigenvalue weighted by atomic mass is 10.3. The molecule has 0 spiro atoms. The molecule has 17 heavy (non-hydrogen) atoms. The molecule has 1 atom stereocenters. The quantitative estimate of drug-likeness (QED) is 0.628. The summed E-state index contributed by atoms with van der Waals surface area (Å²) < 4.78 is 14.8. The molecule has 0 radical (unpaired) electrons. The number of esters is 1. The van der Waals surface area contributed by atoms with Gasteiger partial charge < -0.3 is 9.15 Å². The van der Waals surface area contributed by atoms with E-state index in [1.165, 1.54) is 36.7 Å². The Bertz CT molecular complexity index is 495. The molecule has 1 unspecified atom stereocenters. The lowest BCUT2D eigenvalue weighted by Gasteiger charge is -2.04. The molecule has 0 bridgehead atoms. The van der Waals surface area contributed by atoms with Crippen molar-refractivity contribution in [1.82, 2.24) is 9.36 Å². The van der Waals surface area contributed by atoms with Crippen molar-refractivity contribution < 1.29 is 13.9 Å². The second-order valence-electron chi connectivity index (χ2n) is 3.16. The van der Waals surface area contributed by atoms with Crippen LogP contribution in [0.2, 0.25) is 0 Å². The van der Waals surface area contributed by atoms with Gasteiger partial charge in [0.2, 0.25) is 5.76 Å². The number of nitrogens with zero attached hydrogens (tertiary/aromatic N) is 2. The van der Waals surface area contributed by atoms with Crippen LogP contribution < -0.4 is 0 Å². The molecule has 0 fully saturated rings. The fourth-order valence-corrected chi connectivity index (χ4v) is 2.87. The molecule has 0 aliphatic carbocycles. The number of carbonyl (C=O) groups is 1. The Morgan fingerprint density at radius 1 is 1.59 bits per heavy atom. The van der Waals surface area contributed by atoms with Gasteiger partial charge in [0.05, 0.1) is 12.4 Å². The first-order chi connectivity index (χ1) is 8.20. The third-order valence-electron chi connectivity index (χ3n) is 2.03. The molecule has 2 aromatic heterocycles. The zero-order valence-corrected chi connectivity index (χ0v) is 10.9. The summed E-state index contributed by atoms with van der Waals surface area (Å²) >= 11 is 2.87. The van der Waals surface area contributed by atoms with Gasteiger partial charge in [0, 0.05) is 0 Å². The predicted molar refractivity (Wildman–Crippen MR) is 64.2 cm³/mol. The van der Waals surface area contributed by atoms with Gasteiger partial charge in [0.15, 0.2) is 4.34 Å². The molecule has 2 heterocycles. The Kier molecular flexibility index (Phi) is 3.80. The van der Waals surface area contributed by atoms with E-state index >= 15 is 0 Å². The smallest absolute Gasteiger partial charge is 0.373 e. The topological polar surface area (TPSA) is 65.2 Å². The highest BCUT2D eigenvalue weighted by molar-refractivity contribution is 8.01. The van der Waals surface area contributed by atoms with E-state index in [1.807, 2.05) is 6.92 Å². The van der Waals surface area contributed by atoms with E-state index < -0.39 is 5.97 Å². The standard InChI is InChI=1S/C10H10N2O3S2/c1-6(16-10-11-5-12-17-10)7-3-4-8(15-7)9(13)14-2/h3-6H,1-2H3. The maximum absolute atomic E-state index is 11.2. The Morgan fingerprint density at radius 3 is 3.06 bits per heavy atom. The van der Waals surface area contributed by atoms with Crippen molar-refractivity contribution in [3.8, 4) is 0 Å². The van der Waals surface area contributed by atoms with Crippen LogP contribution in [0.25, 0.3) is 0 Å². The first-order valence-electron chi connectivity index (χ1n) is 4.82. The van der Waals surface area contributed by atoms with E-state index in [4.69, 9.17) is 4.42 Å². The maximum atomic E-state index is 11.2. The van der Waals surface area contributed by atoms with Crippen molar-refractivity contribution in [3.63, 3.8) is 0 Å². The molecule has 0 saturated heterocycles. The molecule has 0 aromatic carbocycles. The van der Waals surface area contributed by atoms with Crippen molar-refractivity contribution in [2.45, 2.75) is 16.5 Å². The normalized spacial score (nSPS) is 12.4. The SMILES string of the molecule is COC(=O)c1ccc(C(C)Sc2ncns2)o1. The third kappa shape index (κ3) is 2.86. The molecule has 5 nitrogen and oxygen atoms in total. The van der Waals surface area contributed by atoms with Crippen LogP contribution in [-0.4, -0.2) is 22.4 Å². The van der Waals surface area contributed by atoms with E-state index in [0.29, 0.717) is 5.76 Å². The highest BCUT2D eigenvalue weighted by atomic mass is 32.2. The van der Waals surface area contributed by atoms with Gasteiger partial charge >= 0.3 is 5.97 Å². The number of thioether (sulfide) groups is 1. The van der Waals surface area contributed by atoms with Crippen molar-refractivity contribution >= 4 is 29.3 Å². The molecule has 0 aliphatic heterocycles. The summed E-state index contributed by atoms with van der Waals surface area (Å²) in [6.45, 7) is 1.98. The van der Waals surface area contributed by atoms with Crippen LogP contribution in [-0.2, 0) is 4.74 Å². The Balaban J connectivity index is 2.07. The van der Waals surface area contributed by atoms with Gasteiger partial charge in [-0.1, -0.05) is 11.8 Å².